The summed E-state index contributed by atoms with van der Waals surface area (Å²) in [6.07, 6.45) is 2.28. The predicted molar refractivity (Wildman–Crippen MR) is 108 cm³/mol. The minimum atomic E-state index is -3.38. The lowest BCUT2D eigenvalue weighted by molar-refractivity contribution is 0.175. The molecule has 0 aromatic carbocycles. The van der Waals surface area contributed by atoms with Crippen molar-refractivity contribution in [2.75, 3.05) is 19.1 Å². The summed E-state index contributed by atoms with van der Waals surface area (Å²) >= 11 is 0. The Bertz CT molecular complexity index is 543. The van der Waals surface area contributed by atoms with Gasteiger partial charge in [0.05, 0.1) is 18.6 Å². The van der Waals surface area contributed by atoms with E-state index in [4.69, 9.17) is 8.61 Å². The van der Waals surface area contributed by atoms with Crippen molar-refractivity contribution in [1.29, 1.82) is 0 Å². The molecule has 0 saturated heterocycles. The highest BCUT2D eigenvalue weighted by Crippen LogP contribution is 2.42. The molecule has 1 atom stereocenters. The second-order valence-corrected chi connectivity index (χ2v) is 17.4. The molecule has 0 N–H and O–H groups in total. The van der Waals surface area contributed by atoms with Crippen LogP contribution < -0.4 is 0 Å². The molecular formula is C15H35ClO6S2Si. The largest absolute Gasteiger partial charge is 0.416 e. The average Bonchev–Trinajstić information content (AvgIpc) is 2.28. The van der Waals surface area contributed by atoms with Gasteiger partial charge < -0.3 is 4.43 Å². The zero-order valence-corrected chi connectivity index (χ0v) is 20.3. The first-order chi connectivity index (χ1) is 10.9. The zero-order chi connectivity index (χ0) is 20.6. The Kier molecular flexibility index (Phi) is 12.4. The quantitative estimate of drug-likeness (QED) is 0.305. The Hall–Kier alpha value is 0.327. The van der Waals surface area contributed by atoms with Crippen molar-refractivity contribution < 1.29 is 25.4 Å². The molecule has 1 unspecified atom stereocenters. The number of halogens is 1. The molecule has 0 spiro atoms. The van der Waals surface area contributed by atoms with Gasteiger partial charge in [-0.25, -0.2) is 8.42 Å². The van der Waals surface area contributed by atoms with E-state index in [1.165, 1.54) is 0 Å². The van der Waals surface area contributed by atoms with Gasteiger partial charge in [-0.15, -0.1) is 0 Å². The summed E-state index contributed by atoms with van der Waals surface area (Å²) in [4.78, 5) is 0. The van der Waals surface area contributed by atoms with Crippen LogP contribution in [0.4, 0.5) is 0 Å². The van der Waals surface area contributed by atoms with Crippen LogP contribution >= 0.6 is 10.7 Å². The number of hydrogen-bond donors (Lipinski definition) is 0. The van der Waals surface area contributed by atoms with Gasteiger partial charge in [0.2, 0.25) is 9.05 Å². The van der Waals surface area contributed by atoms with Crippen LogP contribution in [0, 0.1) is 0 Å². The fourth-order valence-corrected chi connectivity index (χ4v) is 9.41. The van der Waals surface area contributed by atoms with E-state index in [2.05, 4.69) is 52.2 Å². The maximum absolute atomic E-state index is 11.1. The fraction of sp³-hybridized carbons (Fsp3) is 1.00. The molecule has 0 rings (SSSR count). The third-order valence-electron chi connectivity index (χ3n) is 3.92. The lowest BCUT2D eigenvalue weighted by Gasteiger charge is -2.42. The topological polar surface area (TPSA) is 86.7 Å². The van der Waals surface area contributed by atoms with Gasteiger partial charge in [-0.1, -0.05) is 41.5 Å². The van der Waals surface area contributed by atoms with Gasteiger partial charge in [-0.3, -0.25) is 4.18 Å². The van der Waals surface area contributed by atoms with Gasteiger partial charge in [-0.05, 0) is 30.0 Å². The minimum Gasteiger partial charge on any atom is -0.416 e. The highest BCUT2D eigenvalue weighted by atomic mass is 35.7. The van der Waals surface area contributed by atoms with E-state index in [1.54, 1.807) is 6.92 Å². The Morgan fingerprint density at radius 1 is 0.840 bits per heavy atom. The van der Waals surface area contributed by atoms with Crippen molar-refractivity contribution >= 4 is 38.2 Å². The summed E-state index contributed by atoms with van der Waals surface area (Å²) in [5.41, 5.74) is 1.61. The van der Waals surface area contributed by atoms with Gasteiger partial charge in [0.25, 0.3) is 10.1 Å². The van der Waals surface area contributed by atoms with E-state index in [0.29, 0.717) is 29.7 Å². The minimum absolute atomic E-state index is 0.330. The van der Waals surface area contributed by atoms with Gasteiger partial charge >= 0.3 is 0 Å². The summed E-state index contributed by atoms with van der Waals surface area (Å²) in [5, 5.41) is 0. The average molecular weight is 439 g/mol. The predicted octanol–water partition coefficient (Wildman–Crippen LogP) is 4.12. The third-order valence-corrected chi connectivity index (χ3v) is 10.7. The molecule has 0 saturated carbocycles. The van der Waals surface area contributed by atoms with E-state index in [0.717, 1.165) is 12.5 Å². The second-order valence-electron chi connectivity index (χ2n) is 7.25. The van der Waals surface area contributed by atoms with Gasteiger partial charge in [0, 0.05) is 17.3 Å². The van der Waals surface area contributed by atoms with Gasteiger partial charge in [0.1, 0.15) is 0 Å². The van der Waals surface area contributed by atoms with Crippen LogP contribution in [0.5, 0.6) is 0 Å². The van der Waals surface area contributed by atoms with Crippen LogP contribution in [0.15, 0.2) is 0 Å². The van der Waals surface area contributed by atoms with Crippen LogP contribution in [0.25, 0.3) is 0 Å². The molecule has 6 nitrogen and oxygen atoms in total. The normalized spacial score (nSPS) is 14.6. The lowest BCUT2D eigenvalue weighted by atomic mass is 10.3. The molecule has 0 aromatic heterocycles. The zero-order valence-electron chi connectivity index (χ0n) is 16.9. The SMILES string of the molecule is CC(CCO[Si](C(C)C)(C(C)C)C(C)C)OS(C)(=O)=O.CS(=O)(=O)Cl. The van der Waals surface area contributed by atoms with Crippen molar-refractivity contribution in [1.82, 2.24) is 0 Å². The second kappa shape index (κ2) is 11.2. The molecule has 154 valence electrons. The van der Waals surface area contributed by atoms with E-state index in [-0.39, 0.29) is 6.10 Å². The van der Waals surface area contributed by atoms with E-state index < -0.39 is 27.5 Å². The van der Waals surface area contributed by atoms with Crippen molar-refractivity contribution in [3.8, 4) is 0 Å². The van der Waals surface area contributed by atoms with Crippen molar-refractivity contribution in [3.05, 3.63) is 0 Å². The number of hydrogen-bond acceptors (Lipinski definition) is 6. The molecule has 10 heteroatoms. The Morgan fingerprint density at radius 3 is 1.40 bits per heavy atom. The maximum Gasteiger partial charge on any atom is 0.264 e. The highest BCUT2D eigenvalue weighted by Gasteiger charge is 2.44. The van der Waals surface area contributed by atoms with Gasteiger partial charge in [0.15, 0.2) is 8.32 Å². The fourth-order valence-electron chi connectivity index (χ4n) is 3.25. The monoisotopic (exact) mass is 438 g/mol. The van der Waals surface area contributed by atoms with Crippen LogP contribution in [-0.2, 0) is 27.8 Å². The Balaban J connectivity index is 0. The summed E-state index contributed by atoms with van der Waals surface area (Å²) in [6.45, 7) is 15.8. The van der Waals surface area contributed by atoms with E-state index >= 15 is 0 Å². The molecule has 0 aliphatic carbocycles. The highest BCUT2D eigenvalue weighted by molar-refractivity contribution is 8.13. The summed E-state index contributed by atoms with van der Waals surface area (Å²) in [7, 11) is -3.93. The lowest BCUT2D eigenvalue weighted by Crippen LogP contribution is -2.48. The molecule has 0 fully saturated rings. The van der Waals surface area contributed by atoms with Crippen LogP contribution in [0.1, 0.15) is 54.9 Å². The summed E-state index contributed by atoms with van der Waals surface area (Å²) < 4.78 is 52.2. The molecule has 0 bridgehead atoms. The third kappa shape index (κ3) is 13.2. The molecule has 0 radical (unpaired) electrons. The standard InChI is InChI=1S/C14H32O4SSi.CH3ClO2S/c1-11(2)20(12(3)4,13(5)6)17-10-9-14(7)18-19(8,15)16;1-5(2,3)4/h11-14H,9-10H2,1-8H3;1H3. The molecule has 0 heterocycles. The molecule has 0 amide bonds. The van der Waals surface area contributed by atoms with E-state index in [9.17, 15) is 16.8 Å². The maximum atomic E-state index is 11.1. The first kappa shape index (κ1) is 27.5. The number of rotatable bonds is 9. The van der Waals surface area contributed by atoms with Crippen molar-refractivity contribution in [3.63, 3.8) is 0 Å². The van der Waals surface area contributed by atoms with Crippen LogP contribution in [0.3, 0.4) is 0 Å². The molecule has 0 aliphatic heterocycles. The first-order valence-electron chi connectivity index (χ1n) is 8.35. The van der Waals surface area contributed by atoms with Crippen molar-refractivity contribution in [2.45, 2.75) is 77.6 Å². The van der Waals surface area contributed by atoms with E-state index in [1.807, 2.05) is 0 Å². The smallest absolute Gasteiger partial charge is 0.264 e. The molecule has 25 heavy (non-hydrogen) atoms. The summed E-state index contributed by atoms with van der Waals surface area (Å²) in [5.74, 6) is 0. The summed E-state index contributed by atoms with van der Waals surface area (Å²) in [6, 6.07) is 0. The Morgan fingerprint density at radius 2 is 1.16 bits per heavy atom. The van der Waals surface area contributed by atoms with Crippen LogP contribution in [0.2, 0.25) is 16.6 Å². The van der Waals surface area contributed by atoms with Crippen molar-refractivity contribution in [2.24, 2.45) is 0 Å². The molecule has 0 aromatic rings. The van der Waals surface area contributed by atoms with Gasteiger partial charge in [-0.2, -0.15) is 8.42 Å². The molecular weight excluding hydrogens is 404 g/mol. The first-order valence-corrected chi connectivity index (χ1v) is 15.0. The molecule has 0 aliphatic rings. The van der Waals surface area contributed by atoms with Crippen LogP contribution in [-0.4, -0.2) is 50.4 Å². The Labute approximate surface area is 160 Å².